The molecule has 2 aromatic rings. The standard InChI is InChI=1S/C15H14F2O3/c16-15(17)20-13-6-3-4-11(8-13)10-19-14-7-2-1-5-12(14)9-18/h1-8,15,18H,9-10H2. The van der Waals surface area contributed by atoms with E-state index in [4.69, 9.17) is 4.74 Å². The van der Waals surface area contributed by atoms with E-state index in [0.717, 1.165) is 0 Å². The topological polar surface area (TPSA) is 38.7 Å². The van der Waals surface area contributed by atoms with Gasteiger partial charge in [-0.05, 0) is 23.8 Å². The average molecular weight is 280 g/mol. The van der Waals surface area contributed by atoms with Gasteiger partial charge in [0.2, 0.25) is 0 Å². The van der Waals surface area contributed by atoms with Gasteiger partial charge in [-0.1, -0.05) is 30.3 Å². The first kappa shape index (κ1) is 14.3. The lowest BCUT2D eigenvalue weighted by atomic mass is 10.2. The van der Waals surface area contributed by atoms with Crippen molar-refractivity contribution in [3.63, 3.8) is 0 Å². The highest BCUT2D eigenvalue weighted by Crippen LogP contribution is 2.21. The second-order valence-corrected chi connectivity index (χ2v) is 4.08. The van der Waals surface area contributed by atoms with Crippen molar-refractivity contribution in [1.29, 1.82) is 0 Å². The molecule has 106 valence electrons. The number of para-hydroxylation sites is 1. The molecule has 0 saturated carbocycles. The Morgan fingerprint density at radius 1 is 1.05 bits per heavy atom. The molecular weight excluding hydrogens is 266 g/mol. The average Bonchev–Trinajstić information content (AvgIpc) is 2.45. The quantitative estimate of drug-likeness (QED) is 0.881. The van der Waals surface area contributed by atoms with Gasteiger partial charge in [0.1, 0.15) is 18.1 Å². The molecule has 0 saturated heterocycles. The number of hydrogen-bond donors (Lipinski definition) is 1. The number of hydrogen-bond acceptors (Lipinski definition) is 3. The summed E-state index contributed by atoms with van der Waals surface area (Å²) in [5.41, 5.74) is 1.38. The molecule has 0 radical (unpaired) electrons. The number of halogens is 2. The largest absolute Gasteiger partial charge is 0.489 e. The van der Waals surface area contributed by atoms with E-state index in [-0.39, 0.29) is 19.0 Å². The summed E-state index contributed by atoms with van der Waals surface area (Å²) in [6.45, 7) is -2.76. The molecule has 0 aliphatic carbocycles. The summed E-state index contributed by atoms with van der Waals surface area (Å²) in [6, 6.07) is 13.4. The molecule has 0 aliphatic heterocycles. The van der Waals surface area contributed by atoms with Crippen LogP contribution in [0, 0.1) is 0 Å². The lowest BCUT2D eigenvalue weighted by Crippen LogP contribution is -2.03. The zero-order valence-electron chi connectivity index (χ0n) is 10.6. The van der Waals surface area contributed by atoms with Crippen molar-refractivity contribution in [3.8, 4) is 11.5 Å². The summed E-state index contributed by atoms with van der Waals surface area (Å²) >= 11 is 0. The SMILES string of the molecule is OCc1ccccc1OCc1cccc(OC(F)F)c1. The molecule has 0 spiro atoms. The van der Waals surface area contributed by atoms with Crippen LogP contribution < -0.4 is 9.47 Å². The lowest BCUT2D eigenvalue weighted by molar-refractivity contribution is -0.0499. The smallest absolute Gasteiger partial charge is 0.387 e. The number of aliphatic hydroxyl groups is 1. The van der Waals surface area contributed by atoms with Crippen LogP contribution in [0.1, 0.15) is 11.1 Å². The van der Waals surface area contributed by atoms with E-state index in [9.17, 15) is 13.9 Å². The Morgan fingerprint density at radius 3 is 2.60 bits per heavy atom. The van der Waals surface area contributed by atoms with Gasteiger partial charge < -0.3 is 14.6 Å². The van der Waals surface area contributed by atoms with Gasteiger partial charge in [0.05, 0.1) is 6.61 Å². The van der Waals surface area contributed by atoms with Gasteiger partial charge in [0, 0.05) is 5.56 Å². The minimum Gasteiger partial charge on any atom is -0.489 e. The summed E-state index contributed by atoms with van der Waals surface area (Å²) < 4.78 is 34.1. The zero-order chi connectivity index (χ0) is 14.4. The van der Waals surface area contributed by atoms with Crippen LogP contribution in [0.25, 0.3) is 0 Å². The van der Waals surface area contributed by atoms with Gasteiger partial charge in [-0.2, -0.15) is 8.78 Å². The van der Waals surface area contributed by atoms with Crippen LogP contribution in [0.2, 0.25) is 0 Å². The fourth-order valence-electron chi connectivity index (χ4n) is 1.75. The number of benzene rings is 2. The third-order valence-electron chi connectivity index (χ3n) is 2.66. The van der Waals surface area contributed by atoms with Crippen molar-refractivity contribution in [1.82, 2.24) is 0 Å². The monoisotopic (exact) mass is 280 g/mol. The third-order valence-corrected chi connectivity index (χ3v) is 2.66. The normalized spacial score (nSPS) is 10.6. The Bertz CT molecular complexity index is 558. The maximum absolute atomic E-state index is 12.1. The van der Waals surface area contributed by atoms with E-state index in [0.29, 0.717) is 16.9 Å². The molecule has 2 aromatic carbocycles. The highest BCUT2D eigenvalue weighted by Gasteiger charge is 2.06. The first-order chi connectivity index (χ1) is 9.69. The molecule has 2 rings (SSSR count). The Kier molecular flexibility index (Phi) is 4.90. The van der Waals surface area contributed by atoms with E-state index in [1.165, 1.54) is 12.1 Å². The second-order valence-electron chi connectivity index (χ2n) is 4.08. The molecule has 0 fully saturated rings. The molecule has 0 aromatic heterocycles. The van der Waals surface area contributed by atoms with Crippen molar-refractivity contribution < 1.29 is 23.4 Å². The fraction of sp³-hybridized carbons (Fsp3) is 0.200. The van der Waals surface area contributed by atoms with Crippen LogP contribution in [0.15, 0.2) is 48.5 Å². The van der Waals surface area contributed by atoms with E-state index in [1.807, 2.05) is 0 Å². The molecule has 5 heteroatoms. The Morgan fingerprint density at radius 2 is 1.85 bits per heavy atom. The zero-order valence-corrected chi connectivity index (χ0v) is 10.6. The number of ether oxygens (including phenoxy) is 2. The van der Waals surface area contributed by atoms with Gasteiger partial charge >= 0.3 is 6.61 Å². The van der Waals surface area contributed by atoms with Crippen LogP contribution in [0.5, 0.6) is 11.5 Å². The summed E-state index contributed by atoms with van der Waals surface area (Å²) in [5, 5.41) is 9.18. The predicted molar refractivity (Wildman–Crippen MR) is 69.8 cm³/mol. The van der Waals surface area contributed by atoms with Crippen molar-refractivity contribution in [2.75, 3.05) is 0 Å². The molecule has 0 atom stereocenters. The molecule has 1 N–H and O–H groups in total. The van der Waals surface area contributed by atoms with E-state index in [2.05, 4.69) is 4.74 Å². The first-order valence-electron chi connectivity index (χ1n) is 6.04. The van der Waals surface area contributed by atoms with Crippen LogP contribution >= 0.6 is 0 Å². The molecule has 0 bridgehead atoms. The summed E-state index contributed by atoms with van der Waals surface area (Å²) in [5.74, 6) is 0.659. The van der Waals surface area contributed by atoms with Gasteiger partial charge in [0.25, 0.3) is 0 Å². The molecule has 0 amide bonds. The van der Waals surface area contributed by atoms with Gasteiger partial charge in [-0.15, -0.1) is 0 Å². The number of alkyl halides is 2. The van der Waals surface area contributed by atoms with Crippen LogP contribution in [0.4, 0.5) is 8.78 Å². The van der Waals surface area contributed by atoms with E-state index in [1.54, 1.807) is 36.4 Å². The number of rotatable bonds is 6. The second kappa shape index (κ2) is 6.86. The minimum atomic E-state index is -2.85. The van der Waals surface area contributed by atoms with Gasteiger partial charge in [-0.3, -0.25) is 0 Å². The Labute approximate surface area is 115 Å². The molecule has 0 heterocycles. The van der Waals surface area contributed by atoms with Gasteiger partial charge in [-0.25, -0.2) is 0 Å². The summed E-state index contributed by atoms with van der Waals surface area (Å²) in [6.07, 6.45) is 0. The fourth-order valence-corrected chi connectivity index (χ4v) is 1.75. The lowest BCUT2D eigenvalue weighted by Gasteiger charge is -2.11. The number of aliphatic hydroxyl groups excluding tert-OH is 1. The third kappa shape index (κ3) is 3.93. The predicted octanol–water partition coefficient (Wildman–Crippen LogP) is 3.36. The van der Waals surface area contributed by atoms with Crippen LogP contribution in [-0.2, 0) is 13.2 Å². The van der Waals surface area contributed by atoms with Crippen LogP contribution in [0.3, 0.4) is 0 Å². The summed E-state index contributed by atoms with van der Waals surface area (Å²) in [7, 11) is 0. The minimum absolute atomic E-state index is 0.0940. The van der Waals surface area contributed by atoms with Crippen molar-refractivity contribution in [3.05, 3.63) is 59.7 Å². The molecule has 0 unspecified atom stereocenters. The first-order valence-corrected chi connectivity index (χ1v) is 6.04. The van der Waals surface area contributed by atoms with Crippen molar-refractivity contribution in [2.45, 2.75) is 19.8 Å². The van der Waals surface area contributed by atoms with Crippen LogP contribution in [-0.4, -0.2) is 11.7 Å². The Balaban J connectivity index is 2.03. The van der Waals surface area contributed by atoms with Crippen molar-refractivity contribution >= 4 is 0 Å². The maximum Gasteiger partial charge on any atom is 0.387 e. The van der Waals surface area contributed by atoms with E-state index >= 15 is 0 Å². The molecule has 20 heavy (non-hydrogen) atoms. The molecule has 0 aliphatic rings. The van der Waals surface area contributed by atoms with E-state index < -0.39 is 6.61 Å². The summed E-state index contributed by atoms with van der Waals surface area (Å²) in [4.78, 5) is 0. The van der Waals surface area contributed by atoms with Crippen molar-refractivity contribution in [2.24, 2.45) is 0 Å². The Hall–Kier alpha value is -2.14. The highest BCUT2D eigenvalue weighted by atomic mass is 19.3. The van der Waals surface area contributed by atoms with Gasteiger partial charge in [0.15, 0.2) is 0 Å². The molecule has 3 nitrogen and oxygen atoms in total. The molecular formula is C15H14F2O3. The maximum atomic E-state index is 12.1. The highest BCUT2D eigenvalue weighted by molar-refractivity contribution is 5.33.